The number of carboxylic acids is 1. The number of anilines is 2. The molecule has 0 radical (unpaired) electrons. The molecule has 2 N–H and O–H groups in total. The number of nitrogens with zero attached hydrogens (tertiary/aromatic N) is 2. The highest BCUT2D eigenvalue weighted by atomic mass is 35.5. The summed E-state index contributed by atoms with van der Waals surface area (Å²) in [4.78, 5) is 42.8. The molecule has 2 amide bonds. The first-order valence-electron chi connectivity index (χ1n) is 13.2. The Morgan fingerprint density at radius 1 is 1.07 bits per heavy atom. The summed E-state index contributed by atoms with van der Waals surface area (Å²) in [7, 11) is 0. The molecule has 13 heteroatoms. The third kappa shape index (κ3) is 5.52. The quantitative estimate of drug-likeness (QED) is 0.330. The highest BCUT2D eigenvalue weighted by Gasteiger charge is 2.62. The van der Waals surface area contributed by atoms with E-state index in [1.807, 2.05) is 0 Å². The largest absolute Gasteiger partial charge is 0.481 e. The van der Waals surface area contributed by atoms with Gasteiger partial charge in [-0.25, -0.2) is 8.78 Å². The minimum atomic E-state index is -3.31. The maximum absolute atomic E-state index is 15.3. The van der Waals surface area contributed by atoms with Crippen LogP contribution in [0.4, 0.5) is 20.2 Å². The SMILES string of the molecule is C[C@@H](C(=O)N(c1cc(Cl)cc(Cl)c1)C1CCCC1)[C@H]1CC(F)(F)CN1[C@@]1(CC(=O)O)C(=O)Nc2c(Cl)cc(Cl)cc21. The fourth-order valence-electron chi connectivity index (χ4n) is 6.60. The van der Waals surface area contributed by atoms with Crippen molar-refractivity contribution in [3.63, 3.8) is 0 Å². The molecular weight excluding hydrogens is 622 g/mol. The molecule has 1 aliphatic carbocycles. The van der Waals surface area contributed by atoms with Gasteiger partial charge in [-0.15, -0.1) is 0 Å². The van der Waals surface area contributed by atoms with E-state index in [0.717, 1.165) is 17.7 Å². The molecule has 2 aliphatic heterocycles. The molecule has 1 saturated carbocycles. The average Bonchev–Trinajstić information content (AvgIpc) is 3.56. The maximum atomic E-state index is 15.3. The molecular formula is C28H27Cl4F2N3O4. The maximum Gasteiger partial charge on any atom is 0.306 e. The van der Waals surface area contributed by atoms with Gasteiger partial charge in [-0.1, -0.05) is 66.2 Å². The van der Waals surface area contributed by atoms with E-state index >= 15 is 8.78 Å². The van der Waals surface area contributed by atoms with Crippen molar-refractivity contribution in [1.29, 1.82) is 0 Å². The van der Waals surface area contributed by atoms with Crippen LogP contribution in [0.15, 0.2) is 30.3 Å². The first-order chi connectivity index (χ1) is 19.2. The van der Waals surface area contributed by atoms with Crippen molar-refractivity contribution in [1.82, 2.24) is 4.90 Å². The van der Waals surface area contributed by atoms with Crippen molar-refractivity contribution in [3.05, 3.63) is 56.0 Å². The molecule has 2 aromatic rings. The lowest BCUT2D eigenvalue weighted by molar-refractivity contribution is -0.147. The number of carbonyl (C=O) groups excluding carboxylic acids is 2. The number of carbonyl (C=O) groups is 3. The number of fused-ring (bicyclic) bond motifs is 1. The molecule has 2 fully saturated rings. The van der Waals surface area contributed by atoms with Crippen LogP contribution in [-0.4, -0.2) is 52.3 Å². The third-order valence-corrected chi connectivity index (χ3v) is 9.29. The number of hydrogen-bond donors (Lipinski definition) is 2. The van der Waals surface area contributed by atoms with Gasteiger partial charge < -0.3 is 15.3 Å². The van der Waals surface area contributed by atoms with Gasteiger partial charge in [-0.3, -0.25) is 19.3 Å². The zero-order valence-corrected chi connectivity index (χ0v) is 24.9. The molecule has 5 rings (SSSR count). The Kier molecular flexibility index (Phi) is 8.24. The summed E-state index contributed by atoms with van der Waals surface area (Å²) >= 11 is 25.1. The number of benzene rings is 2. The van der Waals surface area contributed by atoms with E-state index in [9.17, 15) is 19.5 Å². The van der Waals surface area contributed by atoms with E-state index in [2.05, 4.69) is 5.32 Å². The fraction of sp³-hybridized carbons (Fsp3) is 0.464. The lowest BCUT2D eigenvalue weighted by atomic mass is 9.83. The van der Waals surface area contributed by atoms with Crippen LogP contribution < -0.4 is 10.2 Å². The number of carboxylic acid groups (broad SMARTS) is 1. The van der Waals surface area contributed by atoms with Gasteiger partial charge >= 0.3 is 5.97 Å². The van der Waals surface area contributed by atoms with Crippen LogP contribution in [-0.2, 0) is 19.9 Å². The van der Waals surface area contributed by atoms with Crippen LogP contribution in [0, 0.1) is 5.92 Å². The van der Waals surface area contributed by atoms with Gasteiger partial charge in [0, 0.05) is 44.8 Å². The predicted octanol–water partition coefficient (Wildman–Crippen LogP) is 7.24. The Labute approximate surface area is 255 Å². The van der Waals surface area contributed by atoms with Gasteiger partial charge in [0.1, 0.15) is 5.54 Å². The van der Waals surface area contributed by atoms with Crippen LogP contribution >= 0.6 is 46.4 Å². The van der Waals surface area contributed by atoms with Gasteiger partial charge in [-0.2, -0.15) is 0 Å². The molecule has 220 valence electrons. The Morgan fingerprint density at radius 3 is 2.29 bits per heavy atom. The highest BCUT2D eigenvalue weighted by molar-refractivity contribution is 6.38. The molecule has 1 saturated heterocycles. The molecule has 7 nitrogen and oxygen atoms in total. The van der Waals surface area contributed by atoms with Gasteiger partial charge in [0.2, 0.25) is 11.8 Å². The second-order valence-electron chi connectivity index (χ2n) is 11.0. The number of hydrogen-bond acceptors (Lipinski definition) is 4. The Hall–Kier alpha value is -2.17. The summed E-state index contributed by atoms with van der Waals surface area (Å²) in [5, 5.41) is 13.3. The summed E-state index contributed by atoms with van der Waals surface area (Å²) in [6.45, 7) is 0.592. The summed E-state index contributed by atoms with van der Waals surface area (Å²) in [5.74, 6) is -7.04. The third-order valence-electron chi connectivity index (χ3n) is 8.34. The topological polar surface area (TPSA) is 90.0 Å². The van der Waals surface area contributed by atoms with Gasteiger partial charge in [0.05, 0.1) is 29.6 Å². The summed E-state index contributed by atoms with van der Waals surface area (Å²) in [6.07, 6.45) is 1.61. The monoisotopic (exact) mass is 647 g/mol. The van der Waals surface area contributed by atoms with E-state index < -0.39 is 60.6 Å². The van der Waals surface area contributed by atoms with Crippen molar-refractivity contribution in [3.8, 4) is 0 Å². The minimum absolute atomic E-state index is 0.0463. The van der Waals surface area contributed by atoms with Crippen molar-refractivity contribution < 1.29 is 28.3 Å². The molecule has 2 aromatic carbocycles. The van der Waals surface area contributed by atoms with Crippen LogP contribution in [0.1, 0.15) is 51.0 Å². The molecule has 0 aromatic heterocycles. The minimum Gasteiger partial charge on any atom is -0.481 e. The number of halogens is 6. The average molecular weight is 649 g/mol. The lowest BCUT2D eigenvalue weighted by Crippen LogP contribution is -2.58. The zero-order valence-electron chi connectivity index (χ0n) is 21.9. The summed E-state index contributed by atoms with van der Waals surface area (Å²) in [6, 6.07) is 6.08. The standard InChI is InChI=1S/C28H27Cl4F2N3O4/c1-14(25(40)37(18-4-2-3-5-18)19-7-15(29)6-16(30)8-19)22-11-27(33,34)13-36(22)28(12-23(38)39)20-9-17(31)10-21(32)24(20)35-26(28)41/h6-10,14,18,22H,2-5,11-13H2,1H3,(H,35,41)(H,38,39)/t14-,22-,28-/m1/s1. The van der Waals surface area contributed by atoms with Gasteiger partial charge in [0.15, 0.2) is 0 Å². The molecule has 3 atom stereocenters. The molecule has 3 aliphatic rings. The van der Waals surface area contributed by atoms with E-state index in [1.165, 1.54) is 25.1 Å². The van der Waals surface area contributed by atoms with Crippen LogP contribution in [0.5, 0.6) is 0 Å². The smallest absolute Gasteiger partial charge is 0.306 e. The first kappa shape index (κ1) is 30.3. The number of amides is 2. The normalized spacial score (nSPS) is 24.8. The second kappa shape index (κ2) is 11.2. The van der Waals surface area contributed by atoms with E-state index in [0.29, 0.717) is 28.6 Å². The van der Waals surface area contributed by atoms with E-state index in [4.69, 9.17) is 46.4 Å². The van der Waals surface area contributed by atoms with Crippen molar-refractivity contribution in [2.24, 2.45) is 5.92 Å². The van der Waals surface area contributed by atoms with Gasteiger partial charge in [-0.05, 0) is 43.2 Å². The van der Waals surface area contributed by atoms with E-state index in [1.54, 1.807) is 17.0 Å². The Bertz CT molecular complexity index is 1400. The van der Waals surface area contributed by atoms with Crippen molar-refractivity contribution in [2.75, 3.05) is 16.8 Å². The number of nitrogens with one attached hydrogen (secondary N) is 1. The summed E-state index contributed by atoms with van der Waals surface area (Å²) < 4.78 is 30.6. The van der Waals surface area contributed by atoms with Crippen LogP contribution in [0.25, 0.3) is 0 Å². The Balaban J connectivity index is 1.61. The van der Waals surface area contributed by atoms with Crippen molar-refractivity contribution in [2.45, 2.75) is 69.0 Å². The second-order valence-corrected chi connectivity index (χ2v) is 12.7. The molecule has 0 bridgehead atoms. The molecule has 41 heavy (non-hydrogen) atoms. The molecule has 2 heterocycles. The number of rotatable bonds is 7. The molecule has 0 spiro atoms. The number of likely N-dealkylation sites (tertiary alicyclic amines) is 1. The first-order valence-corrected chi connectivity index (χ1v) is 14.7. The van der Waals surface area contributed by atoms with Crippen LogP contribution in [0.2, 0.25) is 20.1 Å². The zero-order chi connectivity index (χ0) is 29.9. The fourth-order valence-corrected chi connectivity index (χ4v) is 7.66. The highest BCUT2D eigenvalue weighted by Crippen LogP contribution is 2.52. The predicted molar refractivity (Wildman–Crippen MR) is 154 cm³/mol. The van der Waals surface area contributed by atoms with Gasteiger partial charge in [0.25, 0.3) is 5.92 Å². The van der Waals surface area contributed by atoms with Crippen LogP contribution in [0.3, 0.4) is 0 Å². The lowest BCUT2D eigenvalue weighted by Gasteiger charge is -2.42. The summed E-state index contributed by atoms with van der Waals surface area (Å²) in [5.41, 5.74) is -1.44. The number of alkyl halides is 2. The molecule has 0 unspecified atom stereocenters. The van der Waals surface area contributed by atoms with E-state index in [-0.39, 0.29) is 27.3 Å². The number of aliphatic carboxylic acids is 1. The van der Waals surface area contributed by atoms with Crippen molar-refractivity contribution >= 4 is 75.6 Å². The Morgan fingerprint density at radius 2 is 1.68 bits per heavy atom.